The third-order valence-corrected chi connectivity index (χ3v) is 1.27. The smallest absolute Gasteiger partial charge is 0.0981 e. The number of rotatable bonds is 5. The fraction of sp³-hybridized carbons (Fsp3) is 0.429. The van der Waals surface area contributed by atoms with Gasteiger partial charge >= 0.3 is 0 Å². The predicted molar refractivity (Wildman–Crippen MR) is 40.2 cm³/mol. The van der Waals surface area contributed by atoms with Gasteiger partial charge in [0.15, 0.2) is 0 Å². The van der Waals surface area contributed by atoms with Gasteiger partial charge in [-0.15, -0.1) is 13.2 Å². The first kappa shape index (κ1) is 9.36. The highest BCUT2D eigenvalue weighted by molar-refractivity contribution is 4.98. The third-order valence-electron chi connectivity index (χ3n) is 1.27. The van der Waals surface area contributed by atoms with Gasteiger partial charge in [0.1, 0.15) is 0 Å². The molecule has 0 heterocycles. The Morgan fingerprint density at radius 2 is 1.60 bits per heavy atom. The average Bonchev–Trinajstić information content (AvgIpc) is 2.00. The first-order valence-electron chi connectivity index (χ1n) is 3.01. The van der Waals surface area contributed by atoms with E-state index in [1.54, 1.807) is 12.2 Å². The third kappa shape index (κ3) is 2.31. The number of nitrogens with zero attached hydrogens (tertiary/aromatic N) is 1. The summed E-state index contributed by atoms with van der Waals surface area (Å²) in [5, 5.41) is 17.3. The summed E-state index contributed by atoms with van der Waals surface area (Å²) in [6, 6.07) is -0.157. The van der Waals surface area contributed by atoms with Crippen LogP contribution in [0.5, 0.6) is 0 Å². The largest absolute Gasteiger partial charge is 0.381 e. The zero-order valence-corrected chi connectivity index (χ0v) is 5.90. The highest BCUT2D eigenvalue weighted by Crippen LogP contribution is 1.98. The minimum atomic E-state index is -0.195. The molecule has 0 bridgehead atoms. The molecule has 0 spiro atoms. The van der Waals surface area contributed by atoms with Crippen LogP contribution in [-0.2, 0) is 0 Å². The van der Waals surface area contributed by atoms with Crippen LogP contribution in [0.1, 0.15) is 0 Å². The maximum Gasteiger partial charge on any atom is 0.0981 e. The average molecular weight is 143 g/mol. The zero-order valence-electron chi connectivity index (χ0n) is 5.90. The Labute approximate surface area is 60.9 Å². The van der Waals surface area contributed by atoms with Gasteiger partial charge in [-0.1, -0.05) is 12.2 Å². The standard InChI is InChI=1S/C7H13NO2/c1-3-7(4-2)8(5-9)6-10/h3-4,7,9-10H,1-2,5-6H2. The van der Waals surface area contributed by atoms with Gasteiger partial charge in [-0.2, -0.15) is 0 Å². The number of hydrogen-bond donors (Lipinski definition) is 2. The van der Waals surface area contributed by atoms with Crippen molar-refractivity contribution < 1.29 is 10.2 Å². The van der Waals surface area contributed by atoms with Gasteiger partial charge in [0.05, 0.1) is 13.5 Å². The van der Waals surface area contributed by atoms with Crippen molar-refractivity contribution in [3.8, 4) is 0 Å². The number of hydrogen-bond acceptors (Lipinski definition) is 3. The van der Waals surface area contributed by atoms with Crippen LogP contribution in [-0.4, -0.2) is 34.6 Å². The van der Waals surface area contributed by atoms with Gasteiger partial charge in [-0.05, 0) is 0 Å². The molecule has 0 aromatic rings. The van der Waals surface area contributed by atoms with Crippen molar-refractivity contribution in [1.82, 2.24) is 4.90 Å². The Balaban J connectivity index is 3.93. The summed E-state index contributed by atoms with van der Waals surface area (Å²) < 4.78 is 0. The van der Waals surface area contributed by atoms with Crippen LogP contribution in [0, 0.1) is 0 Å². The molecular formula is C7H13NO2. The van der Waals surface area contributed by atoms with E-state index in [2.05, 4.69) is 13.2 Å². The minimum Gasteiger partial charge on any atom is -0.381 e. The molecule has 0 saturated heterocycles. The van der Waals surface area contributed by atoms with Crippen molar-refractivity contribution in [2.45, 2.75) is 6.04 Å². The topological polar surface area (TPSA) is 43.7 Å². The molecule has 0 aromatic heterocycles. The summed E-state index contributed by atoms with van der Waals surface area (Å²) in [5.41, 5.74) is 0. The molecule has 0 atom stereocenters. The first-order chi connectivity index (χ1) is 4.79. The van der Waals surface area contributed by atoms with E-state index in [0.717, 1.165) is 0 Å². The van der Waals surface area contributed by atoms with Gasteiger partial charge in [0, 0.05) is 6.04 Å². The van der Waals surface area contributed by atoms with E-state index in [9.17, 15) is 0 Å². The van der Waals surface area contributed by atoms with Crippen LogP contribution < -0.4 is 0 Å². The van der Waals surface area contributed by atoms with Crippen molar-refractivity contribution in [3.63, 3.8) is 0 Å². The fourth-order valence-corrected chi connectivity index (χ4v) is 0.628. The predicted octanol–water partition coefficient (Wildman–Crippen LogP) is -0.0714. The fourth-order valence-electron chi connectivity index (χ4n) is 0.628. The monoisotopic (exact) mass is 143 g/mol. The van der Waals surface area contributed by atoms with Crippen LogP contribution in [0.3, 0.4) is 0 Å². The Hall–Kier alpha value is -0.640. The lowest BCUT2D eigenvalue weighted by Crippen LogP contribution is -2.33. The second-order valence-corrected chi connectivity index (χ2v) is 1.83. The van der Waals surface area contributed by atoms with E-state index in [4.69, 9.17) is 10.2 Å². The number of aliphatic hydroxyl groups excluding tert-OH is 2. The molecule has 0 saturated carbocycles. The molecule has 3 heteroatoms. The van der Waals surface area contributed by atoms with Gasteiger partial charge in [-0.3, -0.25) is 0 Å². The second-order valence-electron chi connectivity index (χ2n) is 1.83. The van der Waals surface area contributed by atoms with E-state index < -0.39 is 0 Å². The maximum absolute atomic E-state index is 8.63. The van der Waals surface area contributed by atoms with Crippen molar-refractivity contribution in [2.75, 3.05) is 13.5 Å². The molecule has 0 aliphatic carbocycles. The van der Waals surface area contributed by atoms with Crippen molar-refractivity contribution in [3.05, 3.63) is 25.3 Å². The summed E-state index contributed by atoms with van der Waals surface area (Å²) in [5.74, 6) is 0. The Bertz CT molecular complexity index is 102. The molecule has 0 aliphatic rings. The van der Waals surface area contributed by atoms with Gasteiger partial charge in [0.25, 0.3) is 0 Å². The normalized spacial score (nSPS) is 10.4. The first-order valence-corrected chi connectivity index (χ1v) is 3.01. The lowest BCUT2D eigenvalue weighted by atomic mass is 10.3. The quantitative estimate of drug-likeness (QED) is 0.418. The maximum atomic E-state index is 8.63. The van der Waals surface area contributed by atoms with E-state index in [-0.39, 0.29) is 19.5 Å². The van der Waals surface area contributed by atoms with E-state index in [0.29, 0.717) is 0 Å². The SMILES string of the molecule is C=CC(C=C)N(CO)CO. The Morgan fingerprint density at radius 3 is 1.70 bits per heavy atom. The van der Waals surface area contributed by atoms with Crippen LogP contribution in [0.2, 0.25) is 0 Å². The van der Waals surface area contributed by atoms with Gasteiger partial charge in [0.2, 0.25) is 0 Å². The summed E-state index contributed by atoms with van der Waals surface area (Å²) in [7, 11) is 0. The highest BCUT2D eigenvalue weighted by Gasteiger charge is 2.07. The molecule has 0 aliphatic heterocycles. The van der Waals surface area contributed by atoms with Gasteiger partial charge in [-0.25, -0.2) is 4.90 Å². The molecule has 2 N–H and O–H groups in total. The summed E-state index contributed by atoms with van der Waals surface area (Å²) in [6.45, 7) is 6.64. The molecule has 0 aromatic carbocycles. The molecule has 3 nitrogen and oxygen atoms in total. The van der Waals surface area contributed by atoms with Gasteiger partial charge < -0.3 is 10.2 Å². The van der Waals surface area contributed by atoms with E-state index in [1.807, 2.05) is 0 Å². The lowest BCUT2D eigenvalue weighted by molar-refractivity contribution is 0.0218. The summed E-state index contributed by atoms with van der Waals surface area (Å²) >= 11 is 0. The Morgan fingerprint density at radius 1 is 1.20 bits per heavy atom. The molecule has 0 amide bonds. The lowest BCUT2D eigenvalue weighted by Gasteiger charge is -2.21. The second kappa shape index (κ2) is 5.17. The van der Waals surface area contributed by atoms with Crippen LogP contribution >= 0.6 is 0 Å². The van der Waals surface area contributed by atoms with E-state index >= 15 is 0 Å². The molecule has 10 heavy (non-hydrogen) atoms. The molecule has 0 unspecified atom stereocenters. The molecule has 58 valence electrons. The van der Waals surface area contributed by atoms with Crippen molar-refractivity contribution >= 4 is 0 Å². The molecule has 0 fully saturated rings. The van der Waals surface area contributed by atoms with Crippen LogP contribution in [0.4, 0.5) is 0 Å². The number of aliphatic hydroxyl groups is 2. The molecular weight excluding hydrogens is 130 g/mol. The summed E-state index contributed by atoms with van der Waals surface area (Å²) in [4.78, 5) is 1.40. The highest BCUT2D eigenvalue weighted by atomic mass is 16.3. The van der Waals surface area contributed by atoms with Crippen LogP contribution in [0.15, 0.2) is 25.3 Å². The zero-order chi connectivity index (χ0) is 7.98. The molecule has 0 rings (SSSR count). The van der Waals surface area contributed by atoms with E-state index in [1.165, 1.54) is 4.90 Å². The molecule has 0 radical (unpaired) electrons. The minimum absolute atomic E-state index is 0.157. The van der Waals surface area contributed by atoms with Crippen LogP contribution in [0.25, 0.3) is 0 Å². The van der Waals surface area contributed by atoms with Crippen molar-refractivity contribution in [1.29, 1.82) is 0 Å². The van der Waals surface area contributed by atoms with Crippen molar-refractivity contribution in [2.24, 2.45) is 0 Å². The Kier molecular flexibility index (Phi) is 4.84. The summed E-state index contributed by atoms with van der Waals surface area (Å²) in [6.07, 6.45) is 3.19.